The minimum Gasteiger partial charge on any atom is -0.461 e. The van der Waals surface area contributed by atoms with Gasteiger partial charge in [-0.1, -0.05) is 0 Å². The van der Waals surface area contributed by atoms with Crippen molar-refractivity contribution < 1.29 is 9.84 Å². The lowest BCUT2D eigenvalue weighted by atomic mass is 10.1. The third-order valence-electron chi connectivity index (χ3n) is 5.71. The summed E-state index contributed by atoms with van der Waals surface area (Å²) in [6.45, 7) is 3.71. The summed E-state index contributed by atoms with van der Waals surface area (Å²) < 4.78 is 9.29. The summed E-state index contributed by atoms with van der Waals surface area (Å²) in [5.74, 6) is 2.07. The van der Waals surface area contributed by atoms with Crippen LogP contribution in [0.15, 0.2) is 66.4 Å². The second-order valence-electron chi connectivity index (χ2n) is 8.40. The average molecular weight is 487 g/mol. The predicted molar refractivity (Wildman–Crippen MR) is 140 cm³/mol. The molecule has 0 amide bonds. The minimum atomic E-state index is -0.408. The van der Waals surface area contributed by atoms with Crippen molar-refractivity contribution in [1.82, 2.24) is 24.7 Å². The zero-order chi connectivity index (χ0) is 24.4. The third-order valence-corrected chi connectivity index (χ3v) is 6.50. The quantitative estimate of drug-likeness (QED) is 0.266. The second kappa shape index (κ2) is 9.81. The van der Waals surface area contributed by atoms with E-state index in [0.717, 1.165) is 43.7 Å². The van der Waals surface area contributed by atoms with Gasteiger partial charge < -0.3 is 15.2 Å². The first-order chi connectivity index (χ1) is 17.0. The summed E-state index contributed by atoms with van der Waals surface area (Å²) in [5, 5.41) is 18.3. The molecule has 9 heteroatoms. The molecule has 0 fully saturated rings. The van der Waals surface area contributed by atoms with Gasteiger partial charge in [0, 0.05) is 30.9 Å². The zero-order valence-electron chi connectivity index (χ0n) is 19.8. The van der Waals surface area contributed by atoms with Gasteiger partial charge in [-0.25, -0.2) is 15.0 Å². The first-order valence-corrected chi connectivity index (χ1v) is 12.3. The summed E-state index contributed by atoms with van der Waals surface area (Å²) in [6.07, 6.45) is 8.08. The first kappa shape index (κ1) is 22.9. The van der Waals surface area contributed by atoms with Crippen molar-refractivity contribution in [2.45, 2.75) is 32.8 Å². The van der Waals surface area contributed by atoms with Gasteiger partial charge in [0.1, 0.15) is 17.9 Å². The summed E-state index contributed by atoms with van der Waals surface area (Å²) in [6, 6.07) is 10.0. The largest absolute Gasteiger partial charge is 0.461 e. The molecule has 5 rings (SSSR count). The molecule has 8 nitrogen and oxygen atoms in total. The van der Waals surface area contributed by atoms with E-state index in [9.17, 15) is 5.11 Å². The lowest BCUT2D eigenvalue weighted by molar-refractivity contribution is 0.180. The van der Waals surface area contributed by atoms with E-state index in [-0.39, 0.29) is 0 Å². The van der Waals surface area contributed by atoms with E-state index < -0.39 is 6.10 Å². The molecule has 35 heavy (non-hydrogen) atoms. The minimum absolute atomic E-state index is 0.408. The van der Waals surface area contributed by atoms with Crippen LogP contribution in [-0.4, -0.2) is 35.9 Å². The van der Waals surface area contributed by atoms with Crippen LogP contribution in [0.2, 0.25) is 0 Å². The van der Waals surface area contributed by atoms with E-state index in [1.165, 1.54) is 0 Å². The maximum Gasteiger partial charge on any atom is 0.145 e. The van der Waals surface area contributed by atoms with Gasteiger partial charge in [0.25, 0.3) is 0 Å². The smallest absolute Gasteiger partial charge is 0.145 e. The monoisotopic (exact) mass is 486 g/mol. The normalized spacial score (nSPS) is 12.9. The van der Waals surface area contributed by atoms with Crippen molar-refractivity contribution in [2.24, 2.45) is 7.05 Å². The number of benzene rings is 2. The number of fused-ring (bicyclic) bond motifs is 2. The van der Waals surface area contributed by atoms with Crippen molar-refractivity contribution in [3.63, 3.8) is 0 Å². The third kappa shape index (κ3) is 5.01. The van der Waals surface area contributed by atoms with Gasteiger partial charge in [-0.3, -0.25) is 4.68 Å². The van der Waals surface area contributed by atoms with E-state index in [0.29, 0.717) is 24.4 Å². The van der Waals surface area contributed by atoms with Crippen LogP contribution in [0.1, 0.15) is 26.7 Å². The Morgan fingerprint density at radius 1 is 1.17 bits per heavy atom. The highest BCUT2D eigenvalue weighted by Gasteiger charge is 2.16. The molecule has 3 aromatic heterocycles. The average Bonchev–Trinajstić information content (AvgIpc) is 3.50. The van der Waals surface area contributed by atoms with Gasteiger partial charge in [-0.05, 0) is 62.2 Å². The molecule has 0 radical (unpaired) electrons. The SMILES string of the molecule is C/C=C(\CC[C@H](C)O)Oc1cc(-c2cnn(C)c2)cc2ncnc(Nc3ccc4ncsc4c3)c12. The van der Waals surface area contributed by atoms with Gasteiger partial charge in [0.15, 0.2) is 0 Å². The van der Waals surface area contributed by atoms with Crippen molar-refractivity contribution in [3.8, 4) is 16.9 Å². The number of nitrogens with zero attached hydrogens (tertiary/aromatic N) is 5. The van der Waals surface area contributed by atoms with Crippen LogP contribution in [0.4, 0.5) is 11.5 Å². The standard InChI is InChI=1S/C26H26N6O2S/c1-4-20(7-5-16(2)33)34-23-10-17(18-12-30-32(3)13-18)9-22-25(23)26(28-14-27-22)31-19-6-8-21-24(11-19)35-15-29-21/h4,6,8-16,33H,5,7H2,1-3H3,(H,27,28,31)/b20-4+/t16-/m0/s1. The Balaban J connectivity index is 1.60. The fraction of sp³-hybridized carbons (Fsp3) is 0.231. The van der Waals surface area contributed by atoms with E-state index in [2.05, 4.69) is 31.4 Å². The van der Waals surface area contributed by atoms with Gasteiger partial charge in [-0.2, -0.15) is 5.10 Å². The van der Waals surface area contributed by atoms with Crippen LogP contribution in [0.5, 0.6) is 5.75 Å². The van der Waals surface area contributed by atoms with Gasteiger partial charge in [0.2, 0.25) is 0 Å². The Bertz CT molecular complexity index is 1520. The Morgan fingerprint density at radius 3 is 2.83 bits per heavy atom. The van der Waals surface area contributed by atoms with Gasteiger partial charge in [-0.15, -0.1) is 11.3 Å². The molecule has 0 saturated heterocycles. The van der Waals surface area contributed by atoms with E-state index in [1.807, 2.05) is 62.2 Å². The Labute approximate surface area is 207 Å². The summed E-state index contributed by atoms with van der Waals surface area (Å²) in [7, 11) is 1.89. The Kier molecular flexibility index (Phi) is 6.43. The number of aromatic nitrogens is 5. The molecule has 0 aliphatic rings. The van der Waals surface area contributed by atoms with Crippen molar-refractivity contribution >= 4 is 44.0 Å². The molecule has 0 unspecified atom stereocenters. The van der Waals surface area contributed by atoms with Crippen LogP contribution in [0.3, 0.4) is 0 Å². The first-order valence-electron chi connectivity index (χ1n) is 11.4. The molecule has 2 N–H and O–H groups in total. The van der Waals surface area contributed by atoms with Crippen LogP contribution in [0.25, 0.3) is 32.2 Å². The molecule has 0 aliphatic heterocycles. The number of aliphatic hydroxyl groups excluding tert-OH is 1. The maximum absolute atomic E-state index is 9.77. The molecule has 5 aromatic rings. The summed E-state index contributed by atoms with van der Waals surface area (Å²) in [4.78, 5) is 13.5. The fourth-order valence-corrected chi connectivity index (χ4v) is 4.60. The Morgan fingerprint density at radius 2 is 2.06 bits per heavy atom. The Hall–Kier alpha value is -3.82. The molecule has 178 valence electrons. The number of anilines is 2. The van der Waals surface area contributed by atoms with Crippen LogP contribution < -0.4 is 10.1 Å². The van der Waals surface area contributed by atoms with Crippen molar-refractivity contribution in [1.29, 1.82) is 0 Å². The lowest BCUT2D eigenvalue weighted by Gasteiger charge is -2.16. The molecule has 0 spiro atoms. The number of aryl methyl sites for hydroxylation is 1. The highest BCUT2D eigenvalue weighted by molar-refractivity contribution is 7.16. The van der Waals surface area contributed by atoms with E-state index in [1.54, 1.807) is 29.3 Å². The molecule has 2 aromatic carbocycles. The zero-order valence-corrected chi connectivity index (χ0v) is 20.6. The van der Waals surface area contributed by atoms with Crippen molar-refractivity contribution in [2.75, 3.05) is 5.32 Å². The van der Waals surface area contributed by atoms with E-state index in [4.69, 9.17) is 4.74 Å². The van der Waals surface area contributed by atoms with Crippen LogP contribution >= 0.6 is 11.3 Å². The fourth-order valence-electron chi connectivity index (χ4n) is 3.88. The van der Waals surface area contributed by atoms with Gasteiger partial charge in [0.05, 0.1) is 44.7 Å². The number of ether oxygens (including phenoxy) is 1. The molecule has 0 saturated carbocycles. The molecule has 0 bridgehead atoms. The predicted octanol–water partition coefficient (Wildman–Crippen LogP) is 5.83. The number of hydrogen-bond donors (Lipinski definition) is 2. The summed E-state index contributed by atoms with van der Waals surface area (Å²) >= 11 is 1.60. The number of nitrogens with one attached hydrogen (secondary N) is 1. The van der Waals surface area contributed by atoms with Crippen LogP contribution in [0, 0.1) is 0 Å². The number of allylic oxidation sites excluding steroid dienone is 2. The highest BCUT2D eigenvalue weighted by atomic mass is 32.1. The molecule has 0 aliphatic carbocycles. The molecule has 1 atom stereocenters. The maximum atomic E-state index is 9.77. The molecular weight excluding hydrogens is 460 g/mol. The number of thiazole rings is 1. The highest BCUT2D eigenvalue weighted by Crippen LogP contribution is 2.37. The van der Waals surface area contributed by atoms with Crippen molar-refractivity contribution in [3.05, 3.63) is 66.4 Å². The lowest BCUT2D eigenvalue weighted by Crippen LogP contribution is -2.04. The summed E-state index contributed by atoms with van der Waals surface area (Å²) in [5.41, 5.74) is 6.38. The molecular formula is C26H26N6O2S. The topological polar surface area (TPSA) is 98.0 Å². The number of rotatable bonds is 8. The van der Waals surface area contributed by atoms with E-state index >= 15 is 0 Å². The van der Waals surface area contributed by atoms with Crippen LogP contribution in [-0.2, 0) is 7.05 Å². The number of hydrogen-bond acceptors (Lipinski definition) is 8. The molecule has 3 heterocycles. The van der Waals surface area contributed by atoms with Gasteiger partial charge >= 0.3 is 0 Å². The second-order valence-corrected chi connectivity index (χ2v) is 9.28. The number of aliphatic hydroxyl groups is 1.